The molecular weight excluding hydrogens is 395 g/mol. The van der Waals surface area contributed by atoms with Gasteiger partial charge in [0.2, 0.25) is 0 Å². The van der Waals surface area contributed by atoms with Gasteiger partial charge in [0.25, 0.3) is 0 Å². The summed E-state index contributed by atoms with van der Waals surface area (Å²) in [7, 11) is 3.74. The van der Waals surface area contributed by atoms with E-state index in [1.165, 1.54) is 0 Å². The Labute approximate surface area is 166 Å². The highest BCUT2D eigenvalue weighted by atomic mass is 35.5. The van der Waals surface area contributed by atoms with E-state index in [2.05, 4.69) is 11.6 Å². The molecule has 0 amide bonds. The van der Waals surface area contributed by atoms with Crippen LogP contribution in [0, 0.1) is 11.6 Å². The zero-order valence-electron chi connectivity index (χ0n) is 15.1. The van der Waals surface area contributed by atoms with Crippen molar-refractivity contribution in [2.24, 2.45) is 0 Å². The normalized spacial score (nSPS) is 12.6. The predicted molar refractivity (Wildman–Crippen MR) is 106 cm³/mol. The molecule has 8 heteroatoms. The molecule has 2 aromatic rings. The summed E-state index contributed by atoms with van der Waals surface area (Å²) >= 11 is 11.9. The van der Waals surface area contributed by atoms with Crippen molar-refractivity contribution in [1.82, 2.24) is 9.88 Å². The maximum absolute atomic E-state index is 13.8. The smallest absolute Gasteiger partial charge is 0.166 e. The first kappa shape index (κ1) is 21.0. The molecule has 0 spiro atoms. The first-order valence-electron chi connectivity index (χ1n) is 7.91. The molecule has 144 valence electrons. The minimum Gasteiger partial charge on any atom is -0.482 e. The van der Waals surface area contributed by atoms with E-state index in [1.54, 1.807) is 25.3 Å². The second-order valence-corrected chi connectivity index (χ2v) is 6.76. The molecule has 0 saturated heterocycles. The fourth-order valence-electron chi connectivity index (χ4n) is 2.43. The molecule has 1 atom stereocenters. The number of benzene rings is 1. The van der Waals surface area contributed by atoms with Gasteiger partial charge in [-0.15, -0.1) is 0 Å². The van der Waals surface area contributed by atoms with E-state index in [9.17, 15) is 8.78 Å². The van der Waals surface area contributed by atoms with Gasteiger partial charge in [-0.05, 0) is 18.6 Å². The van der Waals surface area contributed by atoms with Crippen LogP contribution in [0.4, 0.5) is 14.6 Å². The molecule has 4 nitrogen and oxygen atoms in total. The number of hydrogen-bond donors (Lipinski definition) is 1. The van der Waals surface area contributed by atoms with E-state index in [0.29, 0.717) is 11.6 Å². The molecular formula is C19H19Cl2F2N3O. The van der Waals surface area contributed by atoms with Crippen LogP contribution in [0.5, 0.6) is 5.75 Å². The first-order chi connectivity index (χ1) is 12.6. The third-order valence-corrected chi connectivity index (χ3v) is 4.46. The van der Waals surface area contributed by atoms with Crippen LogP contribution in [0.3, 0.4) is 0 Å². The number of nitrogens with two attached hydrogens (primary N) is 1. The van der Waals surface area contributed by atoms with E-state index >= 15 is 0 Å². The maximum atomic E-state index is 13.8. The fraction of sp³-hybridized carbons (Fsp3) is 0.211. The van der Waals surface area contributed by atoms with Crippen molar-refractivity contribution in [3.05, 3.63) is 70.0 Å². The number of hydrogen-bond acceptors (Lipinski definition) is 4. The molecule has 0 aliphatic carbocycles. The summed E-state index contributed by atoms with van der Waals surface area (Å²) < 4.78 is 33.4. The molecule has 0 fully saturated rings. The standard InChI is InChI=1S/C19H19Cl2F2N3O/c1-5-11(9-26(3)4)12-6-15(19(24)25-8-12)27-10(2)16-17(20)13(22)7-14(23)18(16)21/h5-10H,1H2,2-4H3,(H2,24,25)/b11-9+. The minimum atomic E-state index is -0.924. The minimum absolute atomic E-state index is 0.00610. The number of pyridine rings is 1. The monoisotopic (exact) mass is 413 g/mol. The lowest BCUT2D eigenvalue weighted by Crippen LogP contribution is -2.09. The van der Waals surface area contributed by atoms with Crippen LogP contribution < -0.4 is 10.5 Å². The molecule has 0 radical (unpaired) electrons. The molecule has 0 aliphatic rings. The van der Waals surface area contributed by atoms with Gasteiger partial charge in [0.1, 0.15) is 17.7 Å². The van der Waals surface area contributed by atoms with Crippen LogP contribution in [-0.2, 0) is 0 Å². The number of allylic oxidation sites excluding steroid dienone is 2. The second-order valence-electron chi connectivity index (χ2n) is 6.00. The third-order valence-electron chi connectivity index (χ3n) is 3.69. The van der Waals surface area contributed by atoms with Crippen molar-refractivity contribution in [3.8, 4) is 5.75 Å². The molecule has 27 heavy (non-hydrogen) atoms. The lowest BCUT2D eigenvalue weighted by molar-refractivity contribution is 0.226. The number of rotatable bonds is 6. The molecule has 0 saturated carbocycles. The average molecular weight is 414 g/mol. The van der Waals surface area contributed by atoms with Gasteiger partial charge < -0.3 is 15.4 Å². The van der Waals surface area contributed by atoms with Gasteiger partial charge in [-0.1, -0.05) is 35.9 Å². The van der Waals surface area contributed by atoms with Gasteiger partial charge in [-0.3, -0.25) is 0 Å². The Morgan fingerprint density at radius 1 is 1.26 bits per heavy atom. The third kappa shape index (κ3) is 4.70. The summed E-state index contributed by atoms with van der Waals surface area (Å²) in [4.78, 5) is 5.97. The summed E-state index contributed by atoms with van der Waals surface area (Å²) in [5.74, 6) is -1.51. The quantitative estimate of drug-likeness (QED) is 0.503. The van der Waals surface area contributed by atoms with E-state index in [-0.39, 0.29) is 27.2 Å². The van der Waals surface area contributed by atoms with Gasteiger partial charge in [0, 0.05) is 43.7 Å². The number of ether oxygens (including phenoxy) is 1. The summed E-state index contributed by atoms with van der Waals surface area (Å²) in [5.41, 5.74) is 7.38. The van der Waals surface area contributed by atoms with Gasteiger partial charge in [-0.2, -0.15) is 0 Å². The second kappa shape index (κ2) is 8.59. The largest absolute Gasteiger partial charge is 0.482 e. The summed E-state index contributed by atoms with van der Waals surface area (Å²) in [6, 6.07) is 2.28. The van der Waals surface area contributed by atoms with Crippen LogP contribution in [0.2, 0.25) is 10.0 Å². The summed E-state index contributed by atoms with van der Waals surface area (Å²) in [5, 5.41) is -0.619. The van der Waals surface area contributed by atoms with E-state index in [4.69, 9.17) is 33.7 Å². The topological polar surface area (TPSA) is 51.4 Å². The highest BCUT2D eigenvalue weighted by Crippen LogP contribution is 2.37. The Morgan fingerprint density at radius 2 is 1.85 bits per heavy atom. The van der Waals surface area contributed by atoms with Gasteiger partial charge in [-0.25, -0.2) is 13.8 Å². The molecule has 0 aliphatic heterocycles. The fourth-order valence-corrected chi connectivity index (χ4v) is 3.08. The van der Waals surface area contributed by atoms with Crippen molar-refractivity contribution in [3.63, 3.8) is 0 Å². The van der Waals surface area contributed by atoms with Crippen molar-refractivity contribution >= 4 is 34.6 Å². The van der Waals surface area contributed by atoms with Gasteiger partial charge >= 0.3 is 0 Å². The van der Waals surface area contributed by atoms with Crippen LogP contribution in [0.1, 0.15) is 24.2 Å². The van der Waals surface area contributed by atoms with Crippen LogP contribution in [0.25, 0.3) is 5.57 Å². The van der Waals surface area contributed by atoms with E-state index < -0.39 is 17.7 Å². The van der Waals surface area contributed by atoms with Crippen LogP contribution in [0.15, 0.2) is 37.2 Å². The lowest BCUT2D eigenvalue weighted by atomic mass is 10.1. The lowest BCUT2D eigenvalue weighted by Gasteiger charge is -2.20. The van der Waals surface area contributed by atoms with E-state index in [0.717, 1.165) is 5.57 Å². The summed E-state index contributed by atoms with van der Waals surface area (Å²) in [6.07, 6.45) is 4.21. The molecule has 2 rings (SSSR count). The Bertz CT molecular complexity index is 875. The van der Waals surface area contributed by atoms with Crippen molar-refractivity contribution < 1.29 is 13.5 Å². The number of nitrogens with zero attached hydrogens (tertiary/aromatic N) is 2. The number of aromatic nitrogens is 1. The predicted octanol–water partition coefficient (Wildman–Crippen LogP) is 5.48. The molecule has 1 heterocycles. The van der Waals surface area contributed by atoms with Crippen molar-refractivity contribution in [2.75, 3.05) is 19.8 Å². The molecule has 1 aromatic carbocycles. The Kier molecular flexibility index (Phi) is 6.68. The zero-order valence-corrected chi connectivity index (χ0v) is 16.6. The maximum Gasteiger partial charge on any atom is 0.166 e. The molecule has 0 bridgehead atoms. The summed E-state index contributed by atoms with van der Waals surface area (Å²) in [6.45, 7) is 5.34. The molecule has 1 unspecified atom stereocenters. The first-order valence-corrected chi connectivity index (χ1v) is 8.67. The SMILES string of the molecule is C=C/C(=C\N(C)C)c1cnc(N)c(OC(C)c2c(Cl)c(F)cc(F)c2Cl)c1. The molecule has 2 N–H and O–H groups in total. The van der Waals surface area contributed by atoms with Gasteiger partial charge in [0.05, 0.1) is 10.0 Å². The number of halogens is 4. The van der Waals surface area contributed by atoms with Crippen LogP contribution >= 0.6 is 23.2 Å². The Hall–Kier alpha value is -2.31. The Balaban J connectivity index is 2.44. The highest BCUT2D eigenvalue weighted by molar-refractivity contribution is 6.36. The number of anilines is 1. The highest BCUT2D eigenvalue weighted by Gasteiger charge is 2.23. The average Bonchev–Trinajstić information content (AvgIpc) is 2.60. The van der Waals surface area contributed by atoms with Crippen molar-refractivity contribution in [2.45, 2.75) is 13.0 Å². The Morgan fingerprint density at radius 3 is 2.37 bits per heavy atom. The number of nitrogen functional groups attached to an aromatic ring is 1. The van der Waals surface area contributed by atoms with Gasteiger partial charge in [0.15, 0.2) is 11.6 Å². The van der Waals surface area contributed by atoms with Crippen LogP contribution in [-0.4, -0.2) is 24.0 Å². The zero-order chi connectivity index (χ0) is 20.3. The van der Waals surface area contributed by atoms with E-state index in [1.807, 2.05) is 25.2 Å². The van der Waals surface area contributed by atoms with Crippen molar-refractivity contribution in [1.29, 1.82) is 0 Å². The molecule has 1 aromatic heterocycles.